The highest BCUT2D eigenvalue weighted by molar-refractivity contribution is 5.84. The van der Waals surface area contributed by atoms with Gasteiger partial charge in [-0.2, -0.15) is 5.10 Å². The van der Waals surface area contributed by atoms with Crippen LogP contribution in [0.3, 0.4) is 0 Å². The summed E-state index contributed by atoms with van der Waals surface area (Å²) < 4.78 is 7.22. The Bertz CT molecular complexity index is 491. The van der Waals surface area contributed by atoms with Gasteiger partial charge in [-0.05, 0) is 52.5 Å². The predicted octanol–water partition coefficient (Wildman–Crippen LogP) is 2.38. The summed E-state index contributed by atoms with van der Waals surface area (Å²) in [5, 5.41) is 7.73. The zero-order valence-electron chi connectivity index (χ0n) is 13.1. The molecule has 2 rings (SSSR count). The Hall–Kier alpha value is -1.36. The fraction of sp³-hybridized carbons (Fsp3) is 0.733. The Labute approximate surface area is 120 Å². The second kappa shape index (κ2) is 5.56. The number of carbonyl (C=O) groups is 1. The maximum absolute atomic E-state index is 12.2. The van der Waals surface area contributed by atoms with Crippen LogP contribution in [0.25, 0.3) is 0 Å². The molecule has 0 aromatic carbocycles. The summed E-state index contributed by atoms with van der Waals surface area (Å²) in [4.78, 5) is 12.2. The number of fused-ring (bicyclic) bond motifs is 1. The number of ether oxygens (including phenoxy) is 1. The molecule has 0 aliphatic heterocycles. The van der Waals surface area contributed by atoms with Crippen LogP contribution >= 0.6 is 0 Å². The zero-order chi connectivity index (χ0) is 14.9. The van der Waals surface area contributed by atoms with Crippen molar-refractivity contribution in [2.45, 2.75) is 64.6 Å². The van der Waals surface area contributed by atoms with Gasteiger partial charge in [0.05, 0.1) is 11.7 Å². The average Bonchev–Trinajstić information content (AvgIpc) is 2.84. The number of nitrogens with zero attached hydrogens (tertiary/aromatic N) is 2. The van der Waals surface area contributed by atoms with Crippen molar-refractivity contribution < 1.29 is 9.53 Å². The lowest BCUT2D eigenvalue weighted by atomic mass is 9.93. The lowest BCUT2D eigenvalue weighted by Gasteiger charge is -2.27. The van der Waals surface area contributed by atoms with E-state index in [-0.39, 0.29) is 11.9 Å². The molecule has 1 aromatic rings. The first-order valence-electron chi connectivity index (χ1n) is 7.29. The van der Waals surface area contributed by atoms with E-state index in [2.05, 4.69) is 30.5 Å². The lowest BCUT2D eigenvalue weighted by Crippen LogP contribution is -2.45. The molecule has 112 valence electrons. The molecule has 5 nitrogen and oxygen atoms in total. The number of hydrogen-bond acceptors (Lipinski definition) is 3. The van der Waals surface area contributed by atoms with E-state index in [1.807, 2.05) is 4.68 Å². The van der Waals surface area contributed by atoms with Crippen LogP contribution in [-0.2, 0) is 16.0 Å². The van der Waals surface area contributed by atoms with Crippen LogP contribution in [0.15, 0.2) is 6.20 Å². The SMILES string of the molecule is COC(C)(C)C(=O)N[C@@H]1CCCc2cn(C(C)C)nc21. The Morgan fingerprint density at radius 2 is 2.25 bits per heavy atom. The Morgan fingerprint density at radius 1 is 1.55 bits per heavy atom. The molecule has 0 saturated heterocycles. The predicted molar refractivity (Wildman–Crippen MR) is 77.5 cm³/mol. The van der Waals surface area contributed by atoms with Crippen LogP contribution in [0.1, 0.15) is 63.9 Å². The first-order valence-corrected chi connectivity index (χ1v) is 7.29. The van der Waals surface area contributed by atoms with E-state index in [0.717, 1.165) is 25.0 Å². The van der Waals surface area contributed by atoms with Gasteiger partial charge >= 0.3 is 0 Å². The van der Waals surface area contributed by atoms with Crippen LogP contribution in [0.4, 0.5) is 0 Å². The van der Waals surface area contributed by atoms with E-state index in [1.165, 1.54) is 5.56 Å². The Morgan fingerprint density at radius 3 is 2.85 bits per heavy atom. The molecule has 1 aliphatic rings. The first kappa shape index (κ1) is 15.0. The molecule has 1 amide bonds. The molecule has 1 aromatic heterocycles. The van der Waals surface area contributed by atoms with Crippen molar-refractivity contribution in [1.29, 1.82) is 0 Å². The third kappa shape index (κ3) is 2.87. The van der Waals surface area contributed by atoms with Crippen molar-refractivity contribution in [3.8, 4) is 0 Å². The molecular formula is C15H25N3O2. The fourth-order valence-electron chi connectivity index (χ4n) is 2.39. The molecule has 20 heavy (non-hydrogen) atoms. The number of hydrogen-bond donors (Lipinski definition) is 1. The van der Waals surface area contributed by atoms with Crippen LogP contribution < -0.4 is 5.32 Å². The van der Waals surface area contributed by atoms with Gasteiger partial charge in [0.2, 0.25) is 0 Å². The third-order valence-electron chi connectivity index (χ3n) is 4.00. The highest BCUT2D eigenvalue weighted by Crippen LogP contribution is 2.30. The summed E-state index contributed by atoms with van der Waals surface area (Å²) >= 11 is 0. The van der Waals surface area contributed by atoms with Crippen molar-refractivity contribution in [1.82, 2.24) is 15.1 Å². The summed E-state index contributed by atoms with van der Waals surface area (Å²) in [6.45, 7) is 7.78. The van der Waals surface area contributed by atoms with Gasteiger partial charge in [-0.15, -0.1) is 0 Å². The standard InChI is InChI=1S/C15H25N3O2/c1-10(2)18-9-11-7-6-8-12(13(11)17-18)16-14(19)15(3,4)20-5/h9-10,12H,6-8H2,1-5H3,(H,16,19)/t12-/m1/s1. The molecule has 0 radical (unpaired) electrons. The summed E-state index contributed by atoms with van der Waals surface area (Å²) in [7, 11) is 1.55. The second-order valence-corrected chi connectivity index (χ2v) is 6.25. The minimum absolute atomic E-state index is 0.000625. The normalized spacial score (nSPS) is 19.0. The smallest absolute Gasteiger partial charge is 0.252 e. The first-order chi connectivity index (χ1) is 9.35. The number of amides is 1. The number of aromatic nitrogens is 2. The van der Waals surface area contributed by atoms with Crippen molar-refractivity contribution in [2.24, 2.45) is 0 Å². The number of aryl methyl sites for hydroxylation is 1. The average molecular weight is 279 g/mol. The number of methoxy groups -OCH3 is 1. The molecule has 1 heterocycles. The van der Waals surface area contributed by atoms with E-state index in [9.17, 15) is 4.79 Å². The molecule has 1 aliphatic carbocycles. The van der Waals surface area contributed by atoms with Crippen molar-refractivity contribution in [3.63, 3.8) is 0 Å². The van der Waals surface area contributed by atoms with E-state index >= 15 is 0 Å². The van der Waals surface area contributed by atoms with E-state index < -0.39 is 5.60 Å². The lowest BCUT2D eigenvalue weighted by molar-refractivity contribution is -0.140. The number of carbonyl (C=O) groups excluding carboxylic acids is 1. The van der Waals surface area contributed by atoms with Crippen LogP contribution in [-0.4, -0.2) is 28.4 Å². The summed E-state index contributed by atoms with van der Waals surface area (Å²) in [5.74, 6) is -0.0862. The maximum Gasteiger partial charge on any atom is 0.252 e. The molecule has 0 fully saturated rings. The summed E-state index contributed by atoms with van der Waals surface area (Å²) in [6.07, 6.45) is 5.17. The van der Waals surface area contributed by atoms with Gasteiger partial charge < -0.3 is 10.1 Å². The van der Waals surface area contributed by atoms with Gasteiger partial charge in [0.15, 0.2) is 0 Å². The van der Waals surface area contributed by atoms with Gasteiger partial charge in [0.25, 0.3) is 5.91 Å². The minimum atomic E-state index is -0.807. The molecule has 0 unspecified atom stereocenters. The van der Waals surface area contributed by atoms with Crippen LogP contribution in [0, 0.1) is 0 Å². The Balaban J connectivity index is 2.18. The van der Waals surface area contributed by atoms with E-state index in [1.54, 1.807) is 21.0 Å². The van der Waals surface area contributed by atoms with Gasteiger partial charge in [-0.1, -0.05) is 0 Å². The van der Waals surface area contributed by atoms with E-state index in [0.29, 0.717) is 6.04 Å². The molecule has 1 atom stereocenters. The topological polar surface area (TPSA) is 56.1 Å². The third-order valence-corrected chi connectivity index (χ3v) is 4.00. The molecule has 1 N–H and O–H groups in total. The van der Waals surface area contributed by atoms with Gasteiger partial charge in [-0.3, -0.25) is 9.48 Å². The fourth-order valence-corrected chi connectivity index (χ4v) is 2.39. The van der Waals surface area contributed by atoms with Crippen LogP contribution in [0.5, 0.6) is 0 Å². The van der Waals surface area contributed by atoms with Crippen molar-refractivity contribution in [3.05, 3.63) is 17.5 Å². The molecular weight excluding hydrogens is 254 g/mol. The van der Waals surface area contributed by atoms with Gasteiger partial charge in [0.1, 0.15) is 5.60 Å². The second-order valence-electron chi connectivity index (χ2n) is 6.25. The minimum Gasteiger partial charge on any atom is -0.369 e. The molecule has 0 bridgehead atoms. The quantitative estimate of drug-likeness (QED) is 0.920. The highest BCUT2D eigenvalue weighted by atomic mass is 16.5. The van der Waals surface area contributed by atoms with Gasteiger partial charge in [0, 0.05) is 19.3 Å². The summed E-state index contributed by atoms with van der Waals surface area (Å²) in [6, 6.07) is 0.341. The Kier molecular flexibility index (Phi) is 4.18. The number of rotatable bonds is 4. The van der Waals surface area contributed by atoms with Crippen LogP contribution in [0.2, 0.25) is 0 Å². The highest BCUT2D eigenvalue weighted by Gasteiger charge is 2.32. The zero-order valence-corrected chi connectivity index (χ0v) is 13.1. The van der Waals surface area contributed by atoms with Crippen molar-refractivity contribution in [2.75, 3.05) is 7.11 Å². The molecule has 0 spiro atoms. The van der Waals surface area contributed by atoms with E-state index in [4.69, 9.17) is 4.74 Å². The summed E-state index contributed by atoms with van der Waals surface area (Å²) in [5.41, 5.74) is 1.47. The van der Waals surface area contributed by atoms with Crippen molar-refractivity contribution >= 4 is 5.91 Å². The molecule has 5 heteroatoms. The maximum atomic E-state index is 12.2. The van der Waals surface area contributed by atoms with Gasteiger partial charge in [-0.25, -0.2) is 0 Å². The molecule has 0 saturated carbocycles. The number of nitrogens with one attached hydrogen (secondary N) is 1. The largest absolute Gasteiger partial charge is 0.369 e. The monoisotopic (exact) mass is 279 g/mol.